The summed E-state index contributed by atoms with van der Waals surface area (Å²) in [6.07, 6.45) is 4.84. The summed E-state index contributed by atoms with van der Waals surface area (Å²) in [6.45, 7) is 7.61. The molecule has 0 fully saturated rings. The third kappa shape index (κ3) is 5.40. The summed E-state index contributed by atoms with van der Waals surface area (Å²) in [5.41, 5.74) is 1.39. The largest absolute Gasteiger partial charge is 0.457 e. The summed E-state index contributed by atoms with van der Waals surface area (Å²) in [5, 5.41) is 9.80. The van der Waals surface area contributed by atoms with Crippen LogP contribution in [0, 0.1) is 0 Å². The third-order valence-corrected chi connectivity index (χ3v) is 4.67. The van der Waals surface area contributed by atoms with Crippen molar-refractivity contribution in [3.05, 3.63) is 71.8 Å². The van der Waals surface area contributed by atoms with Crippen LogP contribution in [0.4, 0.5) is 5.82 Å². The molecule has 1 amide bonds. The Labute approximate surface area is 186 Å². The Bertz CT molecular complexity index is 1170. The summed E-state index contributed by atoms with van der Waals surface area (Å²) in [7, 11) is 0. The van der Waals surface area contributed by atoms with Gasteiger partial charge in [-0.25, -0.2) is 0 Å². The number of benzene rings is 1. The molecular weight excluding hydrogens is 406 g/mol. The van der Waals surface area contributed by atoms with Gasteiger partial charge in [0.25, 0.3) is 0 Å². The molecular formula is C24H25N5O3. The lowest BCUT2D eigenvalue weighted by Crippen LogP contribution is -2.20. The molecule has 0 aliphatic carbocycles. The summed E-state index contributed by atoms with van der Waals surface area (Å²) in [5.74, 6) is 2.88. The van der Waals surface area contributed by atoms with Gasteiger partial charge in [0.2, 0.25) is 5.91 Å². The average Bonchev–Trinajstić information content (AvgIpc) is 3.45. The minimum absolute atomic E-state index is 0.178. The molecule has 164 valence electrons. The fourth-order valence-corrected chi connectivity index (χ4v) is 3.02. The zero-order chi connectivity index (χ0) is 22.6. The highest BCUT2D eigenvalue weighted by atomic mass is 16.5. The fourth-order valence-electron chi connectivity index (χ4n) is 3.02. The number of amidine groups is 1. The summed E-state index contributed by atoms with van der Waals surface area (Å²) in [4.78, 5) is 21.0. The quantitative estimate of drug-likeness (QED) is 0.568. The number of nitrogens with one attached hydrogen (secondary N) is 2. The fraction of sp³-hybridized carbons (Fsp3) is 0.250. The second-order valence-electron chi connectivity index (χ2n) is 8.36. The van der Waals surface area contributed by atoms with Gasteiger partial charge in [-0.2, -0.15) is 0 Å². The molecule has 32 heavy (non-hydrogen) atoms. The van der Waals surface area contributed by atoms with Crippen LogP contribution in [0.15, 0.2) is 64.3 Å². The Morgan fingerprint density at radius 2 is 2.03 bits per heavy atom. The molecule has 2 aromatic heterocycles. The van der Waals surface area contributed by atoms with E-state index in [1.807, 2.05) is 51.1 Å². The first kappa shape index (κ1) is 21.3. The number of pyridine rings is 1. The van der Waals surface area contributed by atoms with E-state index in [2.05, 4.69) is 25.8 Å². The van der Waals surface area contributed by atoms with E-state index in [0.717, 1.165) is 30.2 Å². The van der Waals surface area contributed by atoms with Crippen LogP contribution in [-0.2, 0) is 10.2 Å². The highest BCUT2D eigenvalue weighted by Gasteiger charge is 2.20. The van der Waals surface area contributed by atoms with E-state index in [-0.39, 0.29) is 11.3 Å². The van der Waals surface area contributed by atoms with Crippen LogP contribution in [-0.4, -0.2) is 35.0 Å². The van der Waals surface area contributed by atoms with Gasteiger partial charge >= 0.3 is 0 Å². The number of ether oxygens (including phenoxy) is 1. The van der Waals surface area contributed by atoms with Crippen molar-refractivity contribution in [1.82, 2.24) is 15.5 Å². The van der Waals surface area contributed by atoms with E-state index in [1.165, 1.54) is 6.08 Å². The number of amides is 1. The molecule has 0 radical (unpaired) electrons. The monoisotopic (exact) mass is 431 g/mol. The van der Waals surface area contributed by atoms with Crippen LogP contribution < -0.4 is 15.4 Å². The van der Waals surface area contributed by atoms with Gasteiger partial charge in [0.15, 0.2) is 5.82 Å². The molecule has 0 bridgehead atoms. The normalized spacial score (nSPS) is 13.7. The van der Waals surface area contributed by atoms with Gasteiger partial charge in [0.1, 0.15) is 28.8 Å². The van der Waals surface area contributed by atoms with E-state index in [1.54, 1.807) is 24.4 Å². The van der Waals surface area contributed by atoms with E-state index >= 15 is 0 Å². The van der Waals surface area contributed by atoms with Gasteiger partial charge in [-0.15, -0.1) is 0 Å². The molecule has 0 saturated heterocycles. The molecule has 0 atom stereocenters. The van der Waals surface area contributed by atoms with Gasteiger partial charge < -0.3 is 19.9 Å². The molecule has 3 heterocycles. The zero-order valence-electron chi connectivity index (χ0n) is 18.3. The molecule has 3 aromatic rings. The zero-order valence-corrected chi connectivity index (χ0v) is 18.3. The van der Waals surface area contributed by atoms with Crippen LogP contribution in [0.25, 0.3) is 6.08 Å². The van der Waals surface area contributed by atoms with Crippen molar-refractivity contribution < 1.29 is 14.1 Å². The molecule has 1 aliphatic heterocycles. The van der Waals surface area contributed by atoms with Crippen molar-refractivity contribution in [2.24, 2.45) is 4.99 Å². The van der Waals surface area contributed by atoms with E-state index in [0.29, 0.717) is 23.1 Å². The highest BCUT2D eigenvalue weighted by molar-refractivity contribution is 6.01. The van der Waals surface area contributed by atoms with Crippen LogP contribution >= 0.6 is 0 Å². The van der Waals surface area contributed by atoms with Crippen molar-refractivity contribution in [2.45, 2.75) is 26.2 Å². The van der Waals surface area contributed by atoms with Gasteiger partial charge in [0, 0.05) is 36.4 Å². The van der Waals surface area contributed by atoms with Crippen molar-refractivity contribution in [2.75, 3.05) is 18.4 Å². The molecule has 0 saturated carbocycles. The molecule has 0 unspecified atom stereocenters. The number of aliphatic imine (C=N–C) groups is 1. The summed E-state index contributed by atoms with van der Waals surface area (Å²) < 4.78 is 11.3. The summed E-state index contributed by atoms with van der Waals surface area (Å²) >= 11 is 0. The standard InChI is InChI=1S/C24H25N5O3/c1-24(2,3)20-15-21(29-32-20)28-22(30)8-7-16-5-4-6-17(13-16)31-18-9-10-25-19(14-18)23-26-11-12-27-23/h4-10,13-15H,11-12H2,1-3H3,(H,26,27)(H,28,29,30). The molecule has 8 nitrogen and oxygen atoms in total. The van der Waals surface area contributed by atoms with Crippen LogP contribution in [0.1, 0.15) is 37.8 Å². The number of carbonyl (C=O) groups is 1. The Morgan fingerprint density at radius 3 is 2.78 bits per heavy atom. The van der Waals surface area contributed by atoms with E-state index in [4.69, 9.17) is 9.26 Å². The highest BCUT2D eigenvalue weighted by Crippen LogP contribution is 2.25. The molecule has 4 rings (SSSR count). The number of nitrogens with zero attached hydrogens (tertiary/aromatic N) is 3. The van der Waals surface area contributed by atoms with Crippen LogP contribution in [0.2, 0.25) is 0 Å². The number of hydrogen-bond donors (Lipinski definition) is 2. The van der Waals surface area contributed by atoms with Gasteiger partial charge in [-0.1, -0.05) is 38.1 Å². The number of carbonyl (C=O) groups excluding carboxylic acids is 1. The number of aromatic nitrogens is 2. The number of hydrogen-bond acceptors (Lipinski definition) is 7. The van der Waals surface area contributed by atoms with Crippen LogP contribution in [0.5, 0.6) is 11.5 Å². The summed E-state index contributed by atoms with van der Waals surface area (Å²) in [6, 6.07) is 12.8. The van der Waals surface area contributed by atoms with Gasteiger partial charge in [-0.3, -0.25) is 14.8 Å². The molecule has 2 N–H and O–H groups in total. The van der Waals surface area contributed by atoms with E-state index < -0.39 is 0 Å². The van der Waals surface area contributed by atoms with E-state index in [9.17, 15) is 4.79 Å². The first-order chi connectivity index (χ1) is 15.4. The lowest BCUT2D eigenvalue weighted by molar-refractivity contribution is -0.111. The first-order valence-electron chi connectivity index (χ1n) is 10.4. The first-order valence-corrected chi connectivity index (χ1v) is 10.4. The molecule has 1 aliphatic rings. The second kappa shape index (κ2) is 9.05. The van der Waals surface area contributed by atoms with Crippen molar-refractivity contribution in [1.29, 1.82) is 0 Å². The predicted molar refractivity (Wildman–Crippen MR) is 123 cm³/mol. The molecule has 0 spiro atoms. The lowest BCUT2D eigenvalue weighted by atomic mass is 9.93. The van der Waals surface area contributed by atoms with Crippen molar-refractivity contribution >= 4 is 23.6 Å². The molecule has 8 heteroatoms. The Kier molecular flexibility index (Phi) is 6.02. The third-order valence-electron chi connectivity index (χ3n) is 4.67. The second-order valence-corrected chi connectivity index (χ2v) is 8.36. The smallest absolute Gasteiger partial charge is 0.249 e. The Balaban J connectivity index is 1.39. The maximum absolute atomic E-state index is 12.2. The SMILES string of the molecule is CC(C)(C)c1cc(NC(=O)C=Cc2cccc(Oc3ccnc(C4=NCCN4)c3)c2)no1. The maximum atomic E-state index is 12.2. The van der Waals surface area contributed by atoms with Crippen molar-refractivity contribution in [3.63, 3.8) is 0 Å². The van der Waals surface area contributed by atoms with Gasteiger partial charge in [0.05, 0.1) is 6.54 Å². The minimum Gasteiger partial charge on any atom is -0.457 e. The maximum Gasteiger partial charge on any atom is 0.249 e. The Hall–Kier alpha value is -3.94. The number of rotatable bonds is 6. The lowest BCUT2D eigenvalue weighted by Gasteiger charge is -2.11. The topological polar surface area (TPSA) is 102 Å². The molecule has 1 aromatic carbocycles. The van der Waals surface area contributed by atoms with Crippen molar-refractivity contribution in [3.8, 4) is 11.5 Å². The van der Waals surface area contributed by atoms with Gasteiger partial charge in [-0.05, 0) is 29.8 Å². The van der Waals surface area contributed by atoms with Crippen LogP contribution in [0.3, 0.4) is 0 Å². The Morgan fingerprint density at radius 1 is 1.19 bits per heavy atom. The average molecular weight is 431 g/mol. The minimum atomic E-state index is -0.298. The number of anilines is 1. The predicted octanol–water partition coefficient (Wildman–Crippen LogP) is 4.16.